The Bertz CT molecular complexity index is 629. The van der Waals surface area contributed by atoms with Gasteiger partial charge in [0.25, 0.3) is 0 Å². The minimum absolute atomic E-state index is 0.0324. The largest absolute Gasteiger partial charge is 0.486 e. The van der Waals surface area contributed by atoms with Crippen LogP contribution in [0.3, 0.4) is 0 Å². The van der Waals surface area contributed by atoms with E-state index in [1.807, 2.05) is 19.9 Å². The summed E-state index contributed by atoms with van der Waals surface area (Å²) in [5.74, 6) is -1.09. The molecule has 130 valence electrons. The number of rotatable bonds is 7. The monoisotopic (exact) mass is 332 g/mol. The standard InChI is InChI=1S/C21H26F2O/c1-3-5-7-8-16-9-11-17(12-10-16)18-13-14-19(21(23)20(18)22)24-15-6-4-2/h3-6,11,13-14,16H,7-10,12,15H2,1-2H3. The Labute approximate surface area is 143 Å². The highest BCUT2D eigenvalue weighted by atomic mass is 19.2. The molecular formula is C21H26F2O. The molecule has 1 atom stereocenters. The van der Waals surface area contributed by atoms with Gasteiger partial charge in [0.15, 0.2) is 11.6 Å². The molecule has 24 heavy (non-hydrogen) atoms. The Kier molecular flexibility index (Phi) is 7.23. The molecule has 1 aromatic rings. The lowest BCUT2D eigenvalue weighted by Crippen LogP contribution is -2.07. The smallest absolute Gasteiger partial charge is 0.201 e. The third-order valence-electron chi connectivity index (χ3n) is 4.46. The number of hydrogen-bond donors (Lipinski definition) is 0. The van der Waals surface area contributed by atoms with E-state index < -0.39 is 11.6 Å². The highest BCUT2D eigenvalue weighted by Crippen LogP contribution is 2.35. The normalized spacial score (nSPS) is 18.3. The van der Waals surface area contributed by atoms with Crippen molar-refractivity contribution in [2.24, 2.45) is 5.92 Å². The molecule has 1 nitrogen and oxygen atoms in total. The molecule has 0 aromatic heterocycles. The van der Waals surface area contributed by atoms with Gasteiger partial charge in [0.1, 0.15) is 6.61 Å². The van der Waals surface area contributed by atoms with Crippen molar-refractivity contribution in [3.05, 3.63) is 59.7 Å². The molecule has 0 spiro atoms. The van der Waals surface area contributed by atoms with Crippen LogP contribution >= 0.6 is 0 Å². The molecule has 2 rings (SSSR count). The topological polar surface area (TPSA) is 9.23 Å². The van der Waals surface area contributed by atoms with Gasteiger partial charge >= 0.3 is 0 Å². The third kappa shape index (κ3) is 4.80. The molecule has 1 aliphatic rings. The van der Waals surface area contributed by atoms with Gasteiger partial charge in [-0.05, 0) is 69.6 Å². The number of benzene rings is 1. The average Bonchev–Trinajstić information content (AvgIpc) is 2.60. The van der Waals surface area contributed by atoms with Crippen LogP contribution in [0.5, 0.6) is 5.75 Å². The van der Waals surface area contributed by atoms with Crippen LogP contribution in [0.25, 0.3) is 5.57 Å². The minimum atomic E-state index is -0.895. The highest BCUT2D eigenvalue weighted by molar-refractivity contribution is 5.67. The Hall–Kier alpha value is -1.90. The maximum atomic E-state index is 14.4. The van der Waals surface area contributed by atoms with Crippen LogP contribution < -0.4 is 4.74 Å². The molecule has 0 N–H and O–H groups in total. The third-order valence-corrected chi connectivity index (χ3v) is 4.46. The number of allylic oxidation sites excluding steroid dienone is 5. The van der Waals surface area contributed by atoms with E-state index in [0.717, 1.165) is 37.7 Å². The molecule has 1 aliphatic carbocycles. The van der Waals surface area contributed by atoms with Crippen molar-refractivity contribution in [3.8, 4) is 5.75 Å². The minimum Gasteiger partial charge on any atom is -0.486 e. The molecule has 0 amide bonds. The second kappa shape index (κ2) is 9.41. The van der Waals surface area contributed by atoms with Crippen molar-refractivity contribution in [3.63, 3.8) is 0 Å². The van der Waals surface area contributed by atoms with Gasteiger partial charge in [-0.15, -0.1) is 0 Å². The first-order chi connectivity index (χ1) is 11.7. The molecule has 0 aliphatic heterocycles. The number of halogens is 2. The fourth-order valence-corrected chi connectivity index (χ4v) is 3.02. The summed E-state index contributed by atoms with van der Waals surface area (Å²) < 4.78 is 33.8. The summed E-state index contributed by atoms with van der Waals surface area (Å²) in [6.07, 6.45) is 14.9. The fourth-order valence-electron chi connectivity index (χ4n) is 3.02. The molecule has 0 heterocycles. The van der Waals surface area contributed by atoms with Crippen LogP contribution in [0.15, 0.2) is 42.5 Å². The molecular weight excluding hydrogens is 306 g/mol. The zero-order valence-electron chi connectivity index (χ0n) is 14.5. The van der Waals surface area contributed by atoms with Crippen LogP contribution in [0.1, 0.15) is 51.5 Å². The average molecular weight is 332 g/mol. The quantitative estimate of drug-likeness (QED) is 0.521. The second-order valence-corrected chi connectivity index (χ2v) is 6.14. The lowest BCUT2D eigenvalue weighted by atomic mass is 9.84. The first kappa shape index (κ1) is 18.4. The van der Waals surface area contributed by atoms with Gasteiger partial charge in [0.2, 0.25) is 5.82 Å². The lowest BCUT2D eigenvalue weighted by molar-refractivity contribution is 0.332. The Morgan fingerprint density at radius 1 is 1.12 bits per heavy atom. The Morgan fingerprint density at radius 3 is 2.58 bits per heavy atom. The van der Waals surface area contributed by atoms with E-state index in [-0.39, 0.29) is 12.4 Å². The zero-order valence-corrected chi connectivity index (χ0v) is 14.5. The van der Waals surface area contributed by atoms with E-state index in [9.17, 15) is 8.78 Å². The zero-order chi connectivity index (χ0) is 17.4. The van der Waals surface area contributed by atoms with Crippen molar-refractivity contribution >= 4 is 5.57 Å². The molecule has 1 unspecified atom stereocenters. The van der Waals surface area contributed by atoms with Gasteiger partial charge in [-0.25, -0.2) is 4.39 Å². The van der Waals surface area contributed by atoms with E-state index in [1.54, 1.807) is 12.1 Å². The van der Waals surface area contributed by atoms with Crippen LogP contribution in [-0.4, -0.2) is 6.61 Å². The van der Waals surface area contributed by atoms with E-state index in [1.165, 1.54) is 6.07 Å². The lowest BCUT2D eigenvalue weighted by Gasteiger charge is -2.22. The van der Waals surface area contributed by atoms with Gasteiger partial charge < -0.3 is 4.74 Å². The predicted octanol–water partition coefficient (Wildman–Crippen LogP) is 6.46. The molecule has 0 bridgehead atoms. The van der Waals surface area contributed by atoms with Crippen molar-refractivity contribution in [2.75, 3.05) is 6.61 Å². The summed E-state index contributed by atoms with van der Waals surface area (Å²) in [5.41, 5.74) is 1.28. The first-order valence-corrected chi connectivity index (χ1v) is 8.69. The van der Waals surface area contributed by atoms with E-state index in [2.05, 4.69) is 18.2 Å². The van der Waals surface area contributed by atoms with Crippen LogP contribution in [0.2, 0.25) is 0 Å². The van der Waals surface area contributed by atoms with Crippen molar-refractivity contribution in [1.29, 1.82) is 0 Å². The predicted molar refractivity (Wildman–Crippen MR) is 96.0 cm³/mol. The van der Waals surface area contributed by atoms with Gasteiger partial charge in [-0.1, -0.05) is 30.4 Å². The maximum Gasteiger partial charge on any atom is 0.201 e. The summed E-state index contributed by atoms with van der Waals surface area (Å²) in [5, 5.41) is 0. The first-order valence-electron chi connectivity index (χ1n) is 8.69. The van der Waals surface area contributed by atoms with Gasteiger partial charge in [0, 0.05) is 5.56 Å². The van der Waals surface area contributed by atoms with Crippen molar-refractivity contribution < 1.29 is 13.5 Å². The highest BCUT2D eigenvalue weighted by Gasteiger charge is 2.20. The summed E-state index contributed by atoms with van der Waals surface area (Å²) in [6, 6.07) is 3.16. The second-order valence-electron chi connectivity index (χ2n) is 6.14. The molecule has 0 saturated heterocycles. The van der Waals surface area contributed by atoms with Crippen molar-refractivity contribution in [2.45, 2.75) is 46.0 Å². The molecule has 0 radical (unpaired) electrons. The summed E-state index contributed by atoms with van der Waals surface area (Å²) >= 11 is 0. The van der Waals surface area contributed by atoms with Gasteiger partial charge in [-0.3, -0.25) is 0 Å². The van der Waals surface area contributed by atoms with Crippen LogP contribution in [0.4, 0.5) is 8.78 Å². The van der Waals surface area contributed by atoms with Crippen molar-refractivity contribution in [1.82, 2.24) is 0 Å². The summed E-state index contributed by atoms with van der Waals surface area (Å²) in [4.78, 5) is 0. The number of ether oxygens (including phenoxy) is 1. The van der Waals surface area contributed by atoms with E-state index >= 15 is 0 Å². The summed E-state index contributed by atoms with van der Waals surface area (Å²) in [7, 11) is 0. The molecule has 0 fully saturated rings. The van der Waals surface area contributed by atoms with E-state index in [0.29, 0.717) is 11.5 Å². The summed E-state index contributed by atoms with van der Waals surface area (Å²) in [6.45, 7) is 4.12. The molecule has 1 aromatic carbocycles. The van der Waals surface area contributed by atoms with Crippen LogP contribution in [0, 0.1) is 17.6 Å². The Morgan fingerprint density at radius 2 is 1.92 bits per heavy atom. The fraction of sp³-hybridized carbons (Fsp3) is 0.429. The van der Waals surface area contributed by atoms with Crippen LogP contribution in [-0.2, 0) is 0 Å². The number of hydrogen-bond acceptors (Lipinski definition) is 1. The van der Waals surface area contributed by atoms with E-state index in [4.69, 9.17) is 4.74 Å². The molecule has 3 heteroatoms. The Balaban J connectivity index is 2.05. The SMILES string of the molecule is CC=CCCC1CC=C(c2ccc(OCC=CC)c(F)c2F)CC1. The van der Waals surface area contributed by atoms with Gasteiger partial charge in [-0.2, -0.15) is 4.39 Å². The maximum absolute atomic E-state index is 14.4. The molecule has 0 saturated carbocycles. The van der Waals surface area contributed by atoms with Gasteiger partial charge in [0.05, 0.1) is 0 Å².